The van der Waals surface area contributed by atoms with Crippen LogP contribution in [0.1, 0.15) is 35.2 Å². The van der Waals surface area contributed by atoms with Crippen LogP contribution in [0.2, 0.25) is 0 Å². The summed E-state index contributed by atoms with van der Waals surface area (Å²) in [5, 5.41) is 2.24. The Morgan fingerprint density at radius 1 is 1.03 bits per heavy atom. The zero-order valence-electron chi connectivity index (χ0n) is 21.2. The lowest BCUT2D eigenvalue weighted by Gasteiger charge is -2.56. The summed E-state index contributed by atoms with van der Waals surface area (Å²) in [7, 11) is 7.71. The van der Waals surface area contributed by atoms with E-state index in [1.165, 1.54) is 5.56 Å². The van der Waals surface area contributed by atoms with Crippen LogP contribution in [0.25, 0.3) is 10.8 Å². The third-order valence-electron chi connectivity index (χ3n) is 8.52. The summed E-state index contributed by atoms with van der Waals surface area (Å²) < 4.78 is 11.7. The number of fused-ring (bicyclic) bond motifs is 2. The van der Waals surface area contributed by atoms with Crippen molar-refractivity contribution >= 4 is 16.7 Å². The van der Waals surface area contributed by atoms with E-state index in [0.717, 1.165) is 54.4 Å². The Morgan fingerprint density at radius 3 is 2.60 bits per heavy atom. The van der Waals surface area contributed by atoms with Crippen molar-refractivity contribution in [1.29, 1.82) is 0 Å². The minimum Gasteiger partial charge on any atom is -0.497 e. The molecule has 4 atom stereocenters. The normalized spacial score (nSPS) is 26.8. The molecule has 184 valence electrons. The van der Waals surface area contributed by atoms with Crippen molar-refractivity contribution in [3.63, 3.8) is 0 Å². The van der Waals surface area contributed by atoms with Gasteiger partial charge in [-0.2, -0.15) is 0 Å². The van der Waals surface area contributed by atoms with Gasteiger partial charge in [0.25, 0.3) is 5.91 Å². The number of piperidine rings is 1. The largest absolute Gasteiger partial charge is 0.497 e. The number of likely N-dealkylation sites (tertiary alicyclic amines) is 1. The van der Waals surface area contributed by atoms with Gasteiger partial charge in [-0.1, -0.05) is 42.5 Å². The molecule has 5 heteroatoms. The van der Waals surface area contributed by atoms with E-state index in [0.29, 0.717) is 5.92 Å². The number of carbonyl (C=O) groups excluding carboxylic acids is 1. The van der Waals surface area contributed by atoms with E-state index in [2.05, 4.69) is 42.3 Å². The Morgan fingerprint density at radius 2 is 1.83 bits per heavy atom. The first-order valence-corrected chi connectivity index (χ1v) is 12.6. The topological polar surface area (TPSA) is 42.0 Å². The number of carbonyl (C=O) groups is 1. The monoisotopic (exact) mass is 472 g/mol. The number of benzene rings is 3. The van der Waals surface area contributed by atoms with Gasteiger partial charge in [0.2, 0.25) is 0 Å². The number of amides is 1. The van der Waals surface area contributed by atoms with Crippen molar-refractivity contribution in [3.8, 4) is 5.75 Å². The molecule has 2 aliphatic rings. The molecule has 5 nitrogen and oxygen atoms in total. The van der Waals surface area contributed by atoms with Crippen LogP contribution in [-0.4, -0.2) is 69.3 Å². The molecule has 1 aliphatic carbocycles. The third-order valence-corrected chi connectivity index (χ3v) is 8.52. The lowest BCUT2D eigenvalue weighted by molar-refractivity contribution is -0.0751. The van der Waals surface area contributed by atoms with Crippen molar-refractivity contribution in [3.05, 3.63) is 77.9 Å². The first kappa shape index (κ1) is 23.8. The Labute approximate surface area is 208 Å². The van der Waals surface area contributed by atoms with Crippen LogP contribution in [0.15, 0.2) is 66.7 Å². The molecular formula is C30H36N2O3. The van der Waals surface area contributed by atoms with E-state index in [1.54, 1.807) is 7.11 Å². The molecule has 0 N–H and O–H groups in total. The molecule has 0 radical (unpaired) electrons. The van der Waals surface area contributed by atoms with Crippen LogP contribution < -0.4 is 4.74 Å². The number of methoxy groups -OCH3 is 2. The average Bonchev–Trinajstić information content (AvgIpc) is 2.91. The predicted molar refractivity (Wildman–Crippen MR) is 140 cm³/mol. The molecule has 0 spiro atoms. The highest BCUT2D eigenvalue weighted by molar-refractivity contribution is 5.98. The minimum absolute atomic E-state index is 0.0669. The summed E-state index contributed by atoms with van der Waals surface area (Å²) in [6, 6.07) is 22.8. The molecule has 5 rings (SSSR count). The minimum atomic E-state index is -0.0669. The van der Waals surface area contributed by atoms with Crippen LogP contribution in [0.5, 0.6) is 5.75 Å². The van der Waals surface area contributed by atoms with Gasteiger partial charge < -0.3 is 19.3 Å². The summed E-state index contributed by atoms with van der Waals surface area (Å²) >= 11 is 0. The molecule has 1 saturated heterocycles. The van der Waals surface area contributed by atoms with Crippen molar-refractivity contribution in [2.45, 2.75) is 36.8 Å². The molecule has 0 aromatic heterocycles. The zero-order valence-corrected chi connectivity index (χ0v) is 21.2. The Kier molecular flexibility index (Phi) is 6.56. The predicted octanol–water partition coefficient (Wildman–Crippen LogP) is 4.99. The fourth-order valence-corrected chi connectivity index (χ4v) is 6.50. The van der Waals surface area contributed by atoms with Gasteiger partial charge in [0.1, 0.15) is 5.75 Å². The van der Waals surface area contributed by atoms with E-state index in [9.17, 15) is 4.79 Å². The van der Waals surface area contributed by atoms with E-state index in [-0.39, 0.29) is 23.5 Å². The summed E-state index contributed by atoms with van der Waals surface area (Å²) in [5.41, 5.74) is 1.97. The van der Waals surface area contributed by atoms with Crippen LogP contribution in [0.3, 0.4) is 0 Å². The van der Waals surface area contributed by atoms with Crippen LogP contribution in [-0.2, 0) is 10.2 Å². The molecule has 3 aromatic rings. The van der Waals surface area contributed by atoms with Gasteiger partial charge in [-0.15, -0.1) is 0 Å². The van der Waals surface area contributed by atoms with E-state index < -0.39 is 0 Å². The van der Waals surface area contributed by atoms with Crippen molar-refractivity contribution < 1.29 is 14.3 Å². The fraction of sp³-hybridized carbons (Fsp3) is 0.433. The van der Waals surface area contributed by atoms with E-state index in [1.807, 2.05) is 55.5 Å². The van der Waals surface area contributed by atoms with Gasteiger partial charge in [-0.3, -0.25) is 4.79 Å². The third kappa shape index (κ3) is 4.32. The second-order valence-corrected chi connectivity index (χ2v) is 10.4. The average molecular weight is 473 g/mol. The van der Waals surface area contributed by atoms with Crippen LogP contribution in [0, 0.1) is 5.92 Å². The maximum atomic E-state index is 13.7. The summed E-state index contributed by atoms with van der Waals surface area (Å²) in [4.78, 5) is 18.1. The quantitative estimate of drug-likeness (QED) is 0.525. The molecule has 1 heterocycles. The van der Waals surface area contributed by atoms with Crippen LogP contribution in [0.4, 0.5) is 0 Å². The van der Waals surface area contributed by atoms with Gasteiger partial charge in [0, 0.05) is 43.6 Å². The lowest BCUT2D eigenvalue weighted by Crippen LogP contribution is -2.61. The van der Waals surface area contributed by atoms with Gasteiger partial charge >= 0.3 is 0 Å². The SMILES string of the molecule is COc1cccc([C@@]23CCN(C)C[C@H]2C(OC)C[C@@H](N(C)C(=O)c2ccc4ccccc4c2)C3)c1. The number of rotatable bonds is 5. The molecule has 1 aliphatic heterocycles. The van der Waals surface area contributed by atoms with Gasteiger partial charge in [-0.05, 0) is 73.5 Å². The molecule has 1 amide bonds. The summed E-state index contributed by atoms with van der Waals surface area (Å²) in [6.45, 7) is 2.02. The molecular weight excluding hydrogens is 436 g/mol. The highest BCUT2D eigenvalue weighted by Crippen LogP contribution is 2.51. The van der Waals surface area contributed by atoms with Gasteiger partial charge in [0.15, 0.2) is 0 Å². The van der Waals surface area contributed by atoms with E-state index in [4.69, 9.17) is 9.47 Å². The molecule has 1 saturated carbocycles. The highest BCUT2D eigenvalue weighted by Gasteiger charge is 2.53. The molecule has 35 heavy (non-hydrogen) atoms. The number of ether oxygens (including phenoxy) is 2. The smallest absolute Gasteiger partial charge is 0.253 e. The first-order valence-electron chi connectivity index (χ1n) is 12.6. The number of nitrogens with zero attached hydrogens (tertiary/aromatic N) is 2. The first-order chi connectivity index (χ1) is 16.9. The Bertz CT molecular complexity index is 1210. The van der Waals surface area contributed by atoms with Crippen molar-refractivity contribution in [2.24, 2.45) is 5.92 Å². The maximum Gasteiger partial charge on any atom is 0.253 e. The molecule has 0 bridgehead atoms. The second kappa shape index (κ2) is 9.63. The van der Waals surface area contributed by atoms with Crippen molar-refractivity contribution in [2.75, 3.05) is 41.4 Å². The maximum absolute atomic E-state index is 13.7. The van der Waals surface area contributed by atoms with Crippen LogP contribution >= 0.6 is 0 Å². The Hall–Kier alpha value is -2.89. The van der Waals surface area contributed by atoms with Crippen molar-refractivity contribution in [1.82, 2.24) is 9.80 Å². The highest BCUT2D eigenvalue weighted by atomic mass is 16.5. The number of hydrogen-bond acceptors (Lipinski definition) is 4. The standard InChI is InChI=1S/C30H36N2O3/c1-31-15-14-30(24-10-7-11-26(17-24)34-3)19-25(18-28(35-4)27(30)20-31)32(2)29(33)23-13-12-21-8-5-6-9-22(21)16-23/h5-13,16-17,25,27-28H,14-15,18-20H2,1-4H3/t25-,27+,28?,30+/m1/s1. The Balaban J connectivity index is 1.50. The molecule has 1 unspecified atom stereocenters. The summed E-state index contributed by atoms with van der Waals surface area (Å²) in [5.74, 6) is 1.31. The lowest BCUT2D eigenvalue weighted by atomic mass is 9.56. The van der Waals surface area contributed by atoms with E-state index >= 15 is 0 Å². The zero-order chi connectivity index (χ0) is 24.6. The molecule has 2 fully saturated rings. The number of hydrogen-bond donors (Lipinski definition) is 0. The molecule has 3 aromatic carbocycles. The van der Waals surface area contributed by atoms with Gasteiger partial charge in [0.05, 0.1) is 13.2 Å². The fourth-order valence-electron chi connectivity index (χ4n) is 6.50. The second-order valence-electron chi connectivity index (χ2n) is 10.4. The summed E-state index contributed by atoms with van der Waals surface area (Å²) in [6.07, 6.45) is 2.88. The van der Waals surface area contributed by atoms with Gasteiger partial charge in [-0.25, -0.2) is 0 Å².